The molecule has 1 aromatic carbocycles. The van der Waals surface area contributed by atoms with Crippen LogP contribution in [-0.4, -0.2) is 46.2 Å². The van der Waals surface area contributed by atoms with E-state index in [1.54, 1.807) is 6.92 Å². The van der Waals surface area contributed by atoms with Crippen LogP contribution in [0.25, 0.3) is 0 Å². The standard InChI is InChI=1S/C27H37N3O/c1-22(31)26-11-5-8-23(16-26)18-29(19-24-9-6-14-28-17-24)20-25-10-7-15-30(21-25)27-12-3-2-4-13-27/h5-6,8-9,11,14,16-17,25,27H,2-4,7,10,12-13,15,18-21H2,1H3/t25-/m1/s1. The summed E-state index contributed by atoms with van der Waals surface area (Å²) in [7, 11) is 0. The lowest BCUT2D eigenvalue weighted by Gasteiger charge is -2.41. The molecule has 2 heterocycles. The fourth-order valence-corrected chi connectivity index (χ4v) is 5.47. The molecular weight excluding hydrogens is 382 g/mol. The largest absolute Gasteiger partial charge is 0.300 e. The monoisotopic (exact) mass is 419 g/mol. The van der Waals surface area contributed by atoms with Gasteiger partial charge in [-0.15, -0.1) is 0 Å². The average molecular weight is 420 g/mol. The maximum atomic E-state index is 11.9. The Kier molecular flexibility index (Phi) is 7.87. The van der Waals surface area contributed by atoms with Crippen molar-refractivity contribution in [3.8, 4) is 0 Å². The number of carbonyl (C=O) groups is 1. The molecule has 31 heavy (non-hydrogen) atoms. The topological polar surface area (TPSA) is 36.4 Å². The van der Waals surface area contributed by atoms with Crippen LogP contribution in [0.3, 0.4) is 0 Å². The van der Waals surface area contributed by atoms with Crippen LogP contribution in [0.15, 0.2) is 48.8 Å². The van der Waals surface area contributed by atoms with Gasteiger partial charge in [-0.3, -0.25) is 14.7 Å². The predicted molar refractivity (Wildman–Crippen MR) is 126 cm³/mol. The molecule has 1 aliphatic heterocycles. The number of Topliss-reactive ketones (excluding diaryl/α,β-unsaturated/α-hetero) is 1. The summed E-state index contributed by atoms with van der Waals surface area (Å²) in [6, 6.07) is 13.2. The van der Waals surface area contributed by atoms with E-state index in [0.717, 1.165) is 31.2 Å². The van der Waals surface area contributed by atoms with Gasteiger partial charge in [-0.05, 0) is 68.3 Å². The van der Waals surface area contributed by atoms with Gasteiger partial charge < -0.3 is 4.90 Å². The van der Waals surface area contributed by atoms with E-state index in [-0.39, 0.29) is 5.78 Å². The van der Waals surface area contributed by atoms with Crippen molar-refractivity contribution in [3.63, 3.8) is 0 Å². The maximum absolute atomic E-state index is 11.9. The van der Waals surface area contributed by atoms with E-state index in [2.05, 4.69) is 33.0 Å². The Morgan fingerprint density at radius 1 is 1.03 bits per heavy atom. The van der Waals surface area contributed by atoms with Crippen LogP contribution in [-0.2, 0) is 13.1 Å². The number of hydrogen-bond acceptors (Lipinski definition) is 4. The summed E-state index contributed by atoms with van der Waals surface area (Å²) in [4.78, 5) is 21.5. The summed E-state index contributed by atoms with van der Waals surface area (Å²) in [5, 5.41) is 0. The highest BCUT2D eigenvalue weighted by molar-refractivity contribution is 5.94. The molecule has 2 fully saturated rings. The SMILES string of the molecule is CC(=O)c1cccc(CN(Cc2cccnc2)C[C@H]2CCCN(C3CCCCC3)C2)c1. The third-order valence-corrected chi connectivity index (χ3v) is 7.03. The van der Waals surface area contributed by atoms with Crippen LogP contribution in [0.4, 0.5) is 0 Å². The van der Waals surface area contributed by atoms with Gasteiger partial charge in [-0.2, -0.15) is 0 Å². The molecule has 0 bridgehead atoms. The Morgan fingerprint density at radius 2 is 1.84 bits per heavy atom. The van der Waals surface area contributed by atoms with E-state index in [9.17, 15) is 4.79 Å². The Morgan fingerprint density at radius 3 is 2.61 bits per heavy atom. The number of aromatic nitrogens is 1. The molecule has 166 valence electrons. The van der Waals surface area contributed by atoms with Crippen molar-refractivity contribution in [3.05, 3.63) is 65.5 Å². The molecule has 1 aromatic heterocycles. The maximum Gasteiger partial charge on any atom is 0.159 e. The molecule has 0 unspecified atom stereocenters. The van der Waals surface area contributed by atoms with E-state index in [1.807, 2.05) is 30.6 Å². The molecule has 4 heteroatoms. The lowest BCUT2D eigenvalue weighted by atomic mass is 9.90. The average Bonchev–Trinajstić information content (AvgIpc) is 2.81. The second-order valence-electron chi connectivity index (χ2n) is 9.58. The van der Waals surface area contributed by atoms with Crippen molar-refractivity contribution in [2.45, 2.75) is 71.0 Å². The third-order valence-electron chi connectivity index (χ3n) is 7.03. The van der Waals surface area contributed by atoms with Gasteiger partial charge in [0.2, 0.25) is 0 Å². The van der Waals surface area contributed by atoms with Gasteiger partial charge in [-0.1, -0.05) is 43.5 Å². The van der Waals surface area contributed by atoms with E-state index in [1.165, 1.54) is 69.2 Å². The molecule has 2 aromatic rings. The van der Waals surface area contributed by atoms with E-state index in [0.29, 0.717) is 5.92 Å². The zero-order valence-corrected chi connectivity index (χ0v) is 19.0. The van der Waals surface area contributed by atoms with Crippen LogP contribution < -0.4 is 0 Å². The molecule has 4 nitrogen and oxygen atoms in total. The minimum atomic E-state index is 0.135. The smallest absolute Gasteiger partial charge is 0.159 e. The summed E-state index contributed by atoms with van der Waals surface area (Å²) in [5.74, 6) is 0.847. The first-order valence-corrected chi connectivity index (χ1v) is 12.1. The molecule has 2 aliphatic rings. The van der Waals surface area contributed by atoms with Gasteiger partial charge in [0.05, 0.1) is 0 Å². The van der Waals surface area contributed by atoms with Gasteiger partial charge in [0, 0.05) is 50.2 Å². The fraction of sp³-hybridized carbons (Fsp3) is 0.556. The van der Waals surface area contributed by atoms with Gasteiger partial charge in [0.1, 0.15) is 0 Å². The second kappa shape index (κ2) is 11.0. The highest BCUT2D eigenvalue weighted by Gasteiger charge is 2.28. The number of hydrogen-bond donors (Lipinski definition) is 0. The van der Waals surface area contributed by atoms with Crippen molar-refractivity contribution in [1.82, 2.24) is 14.8 Å². The number of pyridine rings is 1. The fourth-order valence-electron chi connectivity index (χ4n) is 5.47. The Hall–Kier alpha value is -2.04. The number of likely N-dealkylation sites (tertiary alicyclic amines) is 1. The summed E-state index contributed by atoms with van der Waals surface area (Å²) in [6.45, 7) is 7.04. The lowest BCUT2D eigenvalue weighted by Crippen LogP contribution is -2.46. The van der Waals surface area contributed by atoms with Crippen molar-refractivity contribution in [2.24, 2.45) is 5.92 Å². The number of benzene rings is 1. The summed E-state index contributed by atoms with van der Waals surface area (Å²) in [5.41, 5.74) is 3.28. The van der Waals surface area contributed by atoms with Gasteiger partial charge in [0.15, 0.2) is 5.78 Å². The zero-order chi connectivity index (χ0) is 21.5. The lowest BCUT2D eigenvalue weighted by molar-refractivity contribution is 0.0771. The molecule has 0 radical (unpaired) electrons. The Balaban J connectivity index is 1.44. The number of nitrogens with zero attached hydrogens (tertiary/aromatic N) is 3. The molecule has 1 saturated heterocycles. The highest BCUT2D eigenvalue weighted by Crippen LogP contribution is 2.28. The number of rotatable bonds is 8. The predicted octanol–water partition coefficient (Wildman–Crippen LogP) is 5.33. The molecule has 1 saturated carbocycles. The van der Waals surface area contributed by atoms with E-state index in [4.69, 9.17) is 0 Å². The van der Waals surface area contributed by atoms with E-state index < -0.39 is 0 Å². The summed E-state index contributed by atoms with van der Waals surface area (Å²) >= 11 is 0. The Labute approximate surface area is 187 Å². The highest BCUT2D eigenvalue weighted by atomic mass is 16.1. The van der Waals surface area contributed by atoms with Crippen molar-refractivity contribution < 1.29 is 4.79 Å². The zero-order valence-electron chi connectivity index (χ0n) is 19.0. The van der Waals surface area contributed by atoms with Gasteiger partial charge >= 0.3 is 0 Å². The van der Waals surface area contributed by atoms with Gasteiger partial charge in [0.25, 0.3) is 0 Å². The minimum absolute atomic E-state index is 0.135. The number of piperidine rings is 1. The Bertz CT molecular complexity index is 831. The minimum Gasteiger partial charge on any atom is -0.300 e. The second-order valence-corrected chi connectivity index (χ2v) is 9.58. The normalized spacial score (nSPS) is 20.8. The molecule has 1 atom stereocenters. The summed E-state index contributed by atoms with van der Waals surface area (Å²) in [6.07, 6.45) is 13.5. The number of ketones is 1. The first kappa shape index (κ1) is 22.2. The molecule has 0 N–H and O–H groups in total. The molecule has 0 amide bonds. The van der Waals surface area contributed by atoms with E-state index >= 15 is 0 Å². The van der Waals surface area contributed by atoms with Crippen molar-refractivity contribution in [2.75, 3.05) is 19.6 Å². The van der Waals surface area contributed by atoms with Crippen LogP contribution in [0, 0.1) is 5.92 Å². The molecule has 1 aliphatic carbocycles. The number of carbonyl (C=O) groups excluding carboxylic acids is 1. The third kappa shape index (κ3) is 6.47. The van der Waals surface area contributed by atoms with Crippen LogP contribution in [0.5, 0.6) is 0 Å². The summed E-state index contributed by atoms with van der Waals surface area (Å²) < 4.78 is 0. The van der Waals surface area contributed by atoms with Gasteiger partial charge in [-0.25, -0.2) is 0 Å². The van der Waals surface area contributed by atoms with Crippen molar-refractivity contribution >= 4 is 5.78 Å². The molecule has 4 rings (SSSR count). The first-order valence-electron chi connectivity index (χ1n) is 12.1. The first-order chi connectivity index (χ1) is 15.2. The molecular formula is C27H37N3O. The van der Waals surface area contributed by atoms with Crippen LogP contribution in [0.2, 0.25) is 0 Å². The van der Waals surface area contributed by atoms with Crippen molar-refractivity contribution in [1.29, 1.82) is 0 Å². The molecule has 0 spiro atoms. The van der Waals surface area contributed by atoms with Crippen LogP contribution in [0.1, 0.15) is 73.4 Å². The van der Waals surface area contributed by atoms with Crippen LogP contribution >= 0.6 is 0 Å². The quantitative estimate of drug-likeness (QED) is 0.542.